The van der Waals surface area contributed by atoms with Crippen molar-refractivity contribution in [3.05, 3.63) is 0 Å². The Morgan fingerprint density at radius 2 is 2.12 bits per heavy atom. The summed E-state index contributed by atoms with van der Waals surface area (Å²) in [6.45, 7) is 11.4. The van der Waals surface area contributed by atoms with E-state index in [9.17, 15) is 0 Å². The molecule has 2 rings (SSSR count). The summed E-state index contributed by atoms with van der Waals surface area (Å²) >= 11 is 1.88. The average Bonchev–Trinajstić information content (AvgIpc) is 2.80. The van der Waals surface area contributed by atoms with Gasteiger partial charge in [0.15, 0.2) is 5.17 Å². The van der Waals surface area contributed by atoms with Crippen LogP contribution in [0.3, 0.4) is 0 Å². The van der Waals surface area contributed by atoms with Crippen LogP contribution in [0, 0.1) is 5.41 Å². The van der Waals surface area contributed by atoms with Crippen LogP contribution in [0.4, 0.5) is 0 Å². The van der Waals surface area contributed by atoms with Gasteiger partial charge in [0.1, 0.15) is 0 Å². The van der Waals surface area contributed by atoms with Gasteiger partial charge in [-0.15, -0.1) is 0 Å². The van der Waals surface area contributed by atoms with Crippen LogP contribution in [0.5, 0.6) is 0 Å². The number of thioether (sulfide) groups is 1. The molecule has 3 nitrogen and oxygen atoms in total. The van der Waals surface area contributed by atoms with Crippen molar-refractivity contribution in [3.8, 4) is 0 Å². The van der Waals surface area contributed by atoms with Crippen molar-refractivity contribution >= 4 is 16.9 Å². The van der Waals surface area contributed by atoms with E-state index >= 15 is 0 Å². The van der Waals surface area contributed by atoms with Crippen LogP contribution in [0.15, 0.2) is 4.99 Å². The van der Waals surface area contributed by atoms with Gasteiger partial charge >= 0.3 is 0 Å². The van der Waals surface area contributed by atoms with Crippen molar-refractivity contribution in [3.63, 3.8) is 0 Å². The Morgan fingerprint density at radius 1 is 1.41 bits per heavy atom. The second-order valence-corrected chi connectivity index (χ2v) is 7.01. The molecule has 2 heterocycles. The lowest BCUT2D eigenvalue weighted by Crippen LogP contribution is -2.41. The van der Waals surface area contributed by atoms with E-state index in [0.717, 1.165) is 18.3 Å². The Bertz CT molecular complexity index is 282. The van der Waals surface area contributed by atoms with Crippen molar-refractivity contribution in [1.29, 1.82) is 0 Å². The number of aliphatic imine (C=N–C) groups is 1. The smallest absolute Gasteiger partial charge is 0.156 e. The molecular formula is C13H25N3S. The molecule has 1 fully saturated rings. The molecule has 0 spiro atoms. The maximum atomic E-state index is 4.63. The van der Waals surface area contributed by atoms with Crippen LogP contribution in [-0.4, -0.2) is 48.0 Å². The predicted octanol–water partition coefficient (Wildman–Crippen LogP) is 2.19. The molecule has 0 aromatic rings. The molecule has 98 valence electrons. The van der Waals surface area contributed by atoms with E-state index in [-0.39, 0.29) is 0 Å². The number of nitrogens with one attached hydrogen (secondary N) is 1. The number of hydrogen-bond donors (Lipinski definition) is 1. The lowest BCUT2D eigenvalue weighted by Gasteiger charge is -2.29. The van der Waals surface area contributed by atoms with Crippen LogP contribution < -0.4 is 5.32 Å². The van der Waals surface area contributed by atoms with E-state index in [1.165, 1.54) is 31.7 Å². The monoisotopic (exact) mass is 255 g/mol. The number of amidine groups is 1. The van der Waals surface area contributed by atoms with Gasteiger partial charge in [-0.3, -0.25) is 9.89 Å². The third-order valence-electron chi connectivity index (χ3n) is 3.56. The van der Waals surface area contributed by atoms with E-state index in [1.54, 1.807) is 0 Å². The van der Waals surface area contributed by atoms with Gasteiger partial charge < -0.3 is 5.32 Å². The van der Waals surface area contributed by atoms with Gasteiger partial charge in [-0.1, -0.05) is 25.6 Å². The van der Waals surface area contributed by atoms with Gasteiger partial charge in [0, 0.05) is 24.9 Å². The molecule has 0 bridgehead atoms. The first-order chi connectivity index (χ1) is 8.07. The van der Waals surface area contributed by atoms with E-state index in [4.69, 9.17) is 0 Å². The van der Waals surface area contributed by atoms with E-state index in [0.29, 0.717) is 11.5 Å². The zero-order valence-corrected chi connectivity index (χ0v) is 12.1. The maximum absolute atomic E-state index is 4.63. The van der Waals surface area contributed by atoms with Crippen molar-refractivity contribution in [2.45, 2.75) is 39.7 Å². The fourth-order valence-electron chi connectivity index (χ4n) is 2.29. The first kappa shape index (κ1) is 13.2. The standard InChI is InChI=1S/C13H25N3S/c1-11(16-6-4-5-7-16)8-14-12-15-9-13(2,3)10-17-12/h11H,4-10H2,1-3H3,(H,14,15). The summed E-state index contributed by atoms with van der Waals surface area (Å²) in [7, 11) is 0. The van der Waals surface area contributed by atoms with Crippen LogP contribution in [0.2, 0.25) is 0 Å². The molecule has 0 saturated carbocycles. The topological polar surface area (TPSA) is 27.6 Å². The quantitative estimate of drug-likeness (QED) is 0.838. The first-order valence-electron chi connectivity index (χ1n) is 6.72. The van der Waals surface area contributed by atoms with E-state index < -0.39 is 0 Å². The second kappa shape index (κ2) is 5.61. The van der Waals surface area contributed by atoms with E-state index in [2.05, 4.69) is 36.0 Å². The molecule has 1 unspecified atom stereocenters. The van der Waals surface area contributed by atoms with Gasteiger partial charge in [-0.25, -0.2) is 0 Å². The van der Waals surface area contributed by atoms with Crippen molar-refractivity contribution < 1.29 is 0 Å². The minimum atomic E-state index is 0.371. The summed E-state index contributed by atoms with van der Waals surface area (Å²) in [6, 6.07) is 0.635. The fraction of sp³-hybridized carbons (Fsp3) is 0.923. The molecule has 2 aliphatic heterocycles. The van der Waals surface area contributed by atoms with Gasteiger partial charge in [0.25, 0.3) is 0 Å². The molecule has 1 saturated heterocycles. The average molecular weight is 255 g/mol. The summed E-state index contributed by atoms with van der Waals surface area (Å²) in [6.07, 6.45) is 2.74. The Morgan fingerprint density at radius 3 is 2.71 bits per heavy atom. The summed E-state index contributed by atoms with van der Waals surface area (Å²) in [5, 5.41) is 4.66. The fourth-order valence-corrected chi connectivity index (χ4v) is 3.25. The van der Waals surface area contributed by atoms with Gasteiger partial charge in [-0.05, 0) is 38.3 Å². The van der Waals surface area contributed by atoms with Crippen LogP contribution in [0.25, 0.3) is 0 Å². The summed E-state index contributed by atoms with van der Waals surface area (Å²) in [5.41, 5.74) is 0.371. The van der Waals surface area contributed by atoms with Gasteiger partial charge in [-0.2, -0.15) is 0 Å². The molecule has 1 atom stereocenters. The summed E-state index contributed by atoms with van der Waals surface area (Å²) in [4.78, 5) is 7.21. The highest BCUT2D eigenvalue weighted by Crippen LogP contribution is 2.27. The Labute approximate surface area is 109 Å². The summed E-state index contributed by atoms with van der Waals surface area (Å²) < 4.78 is 0. The maximum Gasteiger partial charge on any atom is 0.156 e. The molecule has 0 aromatic carbocycles. The van der Waals surface area contributed by atoms with Crippen LogP contribution in [0.1, 0.15) is 33.6 Å². The molecule has 1 N–H and O–H groups in total. The number of rotatable bonds is 3. The lowest BCUT2D eigenvalue weighted by atomic mass is 9.97. The number of likely N-dealkylation sites (tertiary alicyclic amines) is 1. The normalized spacial score (nSPS) is 26.6. The zero-order valence-electron chi connectivity index (χ0n) is 11.3. The molecular weight excluding hydrogens is 230 g/mol. The minimum Gasteiger partial charge on any atom is -0.363 e. The highest BCUT2D eigenvalue weighted by Gasteiger charge is 2.24. The molecule has 4 heteroatoms. The van der Waals surface area contributed by atoms with E-state index in [1.807, 2.05) is 11.8 Å². The highest BCUT2D eigenvalue weighted by molar-refractivity contribution is 8.13. The third-order valence-corrected chi connectivity index (χ3v) is 5.04. The molecule has 0 amide bonds. The molecule has 0 aromatic heterocycles. The van der Waals surface area contributed by atoms with Crippen molar-refractivity contribution in [2.24, 2.45) is 10.4 Å². The Hall–Kier alpha value is -0.220. The largest absolute Gasteiger partial charge is 0.363 e. The Balaban J connectivity index is 1.73. The van der Waals surface area contributed by atoms with Crippen LogP contribution >= 0.6 is 11.8 Å². The van der Waals surface area contributed by atoms with Crippen molar-refractivity contribution in [1.82, 2.24) is 10.2 Å². The molecule has 0 radical (unpaired) electrons. The van der Waals surface area contributed by atoms with Crippen LogP contribution in [-0.2, 0) is 0 Å². The van der Waals surface area contributed by atoms with Gasteiger partial charge in [0.05, 0.1) is 0 Å². The Kier molecular flexibility index (Phi) is 4.36. The summed E-state index contributed by atoms with van der Waals surface area (Å²) in [5.74, 6) is 1.18. The lowest BCUT2D eigenvalue weighted by molar-refractivity contribution is 0.259. The van der Waals surface area contributed by atoms with Gasteiger partial charge in [0.2, 0.25) is 0 Å². The zero-order chi connectivity index (χ0) is 12.3. The SMILES string of the molecule is CC(CNC1=NCC(C)(C)CS1)N1CCCC1. The minimum absolute atomic E-state index is 0.371. The molecule has 2 aliphatic rings. The predicted molar refractivity (Wildman–Crippen MR) is 76.8 cm³/mol. The molecule has 0 aliphatic carbocycles. The molecule has 17 heavy (non-hydrogen) atoms. The highest BCUT2D eigenvalue weighted by atomic mass is 32.2. The number of nitrogens with zero attached hydrogens (tertiary/aromatic N) is 2. The number of hydrogen-bond acceptors (Lipinski definition) is 4. The van der Waals surface area contributed by atoms with Crippen molar-refractivity contribution in [2.75, 3.05) is 31.9 Å². The third kappa shape index (κ3) is 3.88. The first-order valence-corrected chi connectivity index (χ1v) is 7.71. The second-order valence-electron chi connectivity index (χ2n) is 6.05.